The Kier molecular flexibility index (Phi) is 5.77. The van der Waals surface area contributed by atoms with Gasteiger partial charge in [0.15, 0.2) is 23.2 Å². The summed E-state index contributed by atoms with van der Waals surface area (Å²) in [5.74, 6) is 1.81. The monoisotopic (exact) mass is 589 g/mol. The van der Waals surface area contributed by atoms with E-state index < -0.39 is 0 Å². The van der Waals surface area contributed by atoms with Crippen molar-refractivity contribution in [3.8, 4) is 39.9 Å². The Morgan fingerprint density at radius 3 is 1.76 bits per heavy atom. The smallest absolute Gasteiger partial charge is 0.188 e. The van der Waals surface area contributed by atoms with Crippen LogP contribution in [0.4, 0.5) is 5.69 Å². The first kappa shape index (κ1) is 25.9. The Labute approximate surface area is 263 Å². The van der Waals surface area contributed by atoms with E-state index in [-0.39, 0.29) is 0 Å². The van der Waals surface area contributed by atoms with Gasteiger partial charge in [-0.1, -0.05) is 84.9 Å². The van der Waals surface area contributed by atoms with Crippen molar-refractivity contribution in [3.63, 3.8) is 0 Å². The Bertz CT molecular complexity index is 2590. The molecular formula is C40H23N5O. The molecule has 0 unspecified atom stereocenters. The van der Waals surface area contributed by atoms with Crippen molar-refractivity contribution in [1.82, 2.24) is 19.5 Å². The van der Waals surface area contributed by atoms with Gasteiger partial charge >= 0.3 is 0 Å². The molecule has 0 aliphatic heterocycles. The van der Waals surface area contributed by atoms with E-state index in [4.69, 9.17) is 25.9 Å². The van der Waals surface area contributed by atoms with Gasteiger partial charge in [-0.15, -0.1) is 0 Å². The van der Waals surface area contributed by atoms with E-state index in [1.54, 1.807) is 0 Å². The zero-order valence-corrected chi connectivity index (χ0v) is 24.4. The third-order valence-electron chi connectivity index (χ3n) is 8.45. The van der Waals surface area contributed by atoms with Gasteiger partial charge in [0.05, 0.1) is 17.6 Å². The Morgan fingerprint density at radius 2 is 1.07 bits per heavy atom. The summed E-state index contributed by atoms with van der Waals surface area (Å²) in [6.45, 7) is 7.72. The van der Waals surface area contributed by atoms with Crippen molar-refractivity contribution in [1.29, 1.82) is 0 Å². The second-order valence-corrected chi connectivity index (χ2v) is 11.2. The quantitative estimate of drug-likeness (QED) is 0.192. The molecule has 9 aromatic rings. The molecule has 0 spiro atoms. The maximum absolute atomic E-state index is 7.72. The molecule has 0 aliphatic rings. The van der Waals surface area contributed by atoms with Gasteiger partial charge in [-0.3, -0.25) is 0 Å². The lowest BCUT2D eigenvalue weighted by atomic mass is 10.1. The summed E-state index contributed by atoms with van der Waals surface area (Å²) in [6, 6.07) is 46.6. The fourth-order valence-corrected chi connectivity index (χ4v) is 6.29. The molecular weight excluding hydrogens is 566 g/mol. The number of nitrogens with zero attached hydrogens (tertiary/aromatic N) is 5. The number of hydrogen-bond donors (Lipinski definition) is 0. The number of aromatic nitrogens is 4. The van der Waals surface area contributed by atoms with Crippen LogP contribution in [0.2, 0.25) is 0 Å². The molecule has 0 saturated carbocycles. The third kappa shape index (κ3) is 4.15. The van der Waals surface area contributed by atoms with Crippen molar-refractivity contribution in [2.75, 3.05) is 0 Å². The van der Waals surface area contributed by atoms with Crippen LogP contribution >= 0.6 is 0 Å². The Morgan fingerprint density at radius 1 is 0.478 bits per heavy atom. The predicted octanol–water partition coefficient (Wildman–Crippen LogP) is 10.4. The summed E-state index contributed by atoms with van der Waals surface area (Å²) in [4.78, 5) is 18.5. The van der Waals surface area contributed by atoms with Gasteiger partial charge in [-0.2, -0.15) is 0 Å². The van der Waals surface area contributed by atoms with Gasteiger partial charge < -0.3 is 8.98 Å². The molecule has 0 saturated heterocycles. The second-order valence-electron chi connectivity index (χ2n) is 11.2. The zero-order chi connectivity index (χ0) is 30.6. The maximum Gasteiger partial charge on any atom is 0.188 e. The molecule has 3 aromatic heterocycles. The normalized spacial score (nSPS) is 11.5. The first-order valence-corrected chi connectivity index (χ1v) is 15.0. The van der Waals surface area contributed by atoms with Crippen LogP contribution in [-0.2, 0) is 0 Å². The van der Waals surface area contributed by atoms with Crippen molar-refractivity contribution >= 4 is 49.4 Å². The average molecular weight is 590 g/mol. The average Bonchev–Trinajstić information content (AvgIpc) is 3.66. The Balaban J connectivity index is 1.28. The number of para-hydroxylation sites is 1. The first-order chi connectivity index (χ1) is 22.7. The lowest BCUT2D eigenvalue weighted by molar-refractivity contribution is 0.669. The van der Waals surface area contributed by atoms with E-state index in [0.29, 0.717) is 23.2 Å². The van der Waals surface area contributed by atoms with E-state index in [1.807, 2.05) is 103 Å². The zero-order valence-electron chi connectivity index (χ0n) is 24.4. The number of rotatable bonds is 4. The van der Waals surface area contributed by atoms with Crippen LogP contribution in [0, 0.1) is 6.57 Å². The molecule has 214 valence electrons. The van der Waals surface area contributed by atoms with Crippen LogP contribution < -0.4 is 0 Å². The van der Waals surface area contributed by atoms with Gasteiger partial charge in [0.1, 0.15) is 11.2 Å². The highest BCUT2D eigenvalue weighted by atomic mass is 16.3. The van der Waals surface area contributed by atoms with Crippen LogP contribution in [0.1, 0.15) is 0 Å². The van der Waals surface area contributed by atoms with E-state index in [0.717, 1.165) is 66.1 Å². The second kappa shape index (κ2) is 10.3. The van der Waals surface area contributed by atoms with Crippen LogP contribution in [0.15, 0.2) is 144 Å². The number of hydrogen-bond acceptors (Lipinski definition) is 4. The summed E-state index contributed by atoms with van der Waals surface area (Å²) >= 11 is 0. The Hall–Kier alpha value is -6.58. The van der Waals surface area contributed by atoms with Gasteiger partial charge in [-0.05, 0) is 60.0 Å². The summed E-state index contributed by atoms with van der Waals surface area (Å²) in [7, 11) is 0. The van der Waals surface area contributed by atoms with Crippen molar-refractivity contribution in [3.05, 3.63) is 151 Å². The summed E-state index contributed by atoms with van der Waals surface area (Å²) in [5, 5.41) is 4.14. The lowest BCUT2D eigenvalue weighted by Gasteiger charge is -2.10. The molecule has 3 heterocycles. The number of benzene rings is 6. The maximum atomic E-state index is 7.72. The molecule has 0 bridgehead atoms. The van der Waals surface area contributed by atoms with E-state index in [1.165, 1.54) is 0 Å². The molecule has 0 atom stereocenters. The fraction of sp³-hybridized carbons (Fsp3) is 0. The van der Waals surface area contributed by atoms with E-state index in [2.05, 4.69) is 45.8 Å². The molecule has 46 heavy (non-hydrogen) atoms. The van der Waals surface area contributed by atoms with Crippen LogP contribution in [0.25, 0.3) is 88.4 Å². The van der Waals surface area contributed by atoms with Gasteiger partial charge in [0.25, 0.3) is 0 Å². The molecule has 0 amide bonds. The molecule has 6 heteroatoms. The van der Waals surface area contributed by atoms with E-state index >= 15 is 0 Å². The minimum atomic E-state index is 0.586. The SMILES string of the molecule is [C-]#[N+]c1ccc2c(c1)c1cc(-c3nc(-c4ccccc4)nc(-c4ccccc4)n3)ccc1n2-c1ccc2oc3ccccc3c2c1. The minimum absolute atomic E-state index is 0.586. The highest BCUT2D eigenvalue weighted by Gasteiger charge is 2.18. The summed E-state index contributed by atoms with van der Waals surface area (Å²) in [6.07, 6.45) is 0. The topological polar surface area (TPSA) is 61.1 Å². The van der Waals surface area contributed by atoms with Crippen molar-refractivity contribution < 1.29 is 4.42 Å². The highest BCUT2D eigenvalue weighted by Crippen LogP contribution is 2.38. The molecule has 6 nitrogen and oxygen atoms in total. The third-order valence-corrected chi connectivity index (χ3v) is 8.45. The molecule has 0 radical (unpaired) electrons. The minimum Gasteiger partial charge on any atom is -0.456 e. The van der Waals surface area contributed by atoms with Gasteiger partial charge in [0, 0.05) is 38.5 Å². The van der Waals surface area contributed by atoms with Crippen LogP contribution in [0.3, 0.4) is 0 Å². The molecule has 0 N–H and O–H groups in total. The van der Waals surface area contributed by atoms with Gasteiger partial charge in [-0.25, -0.2) is 19.8 Å². The fourth-order valence-electron chi connectivity index (χ4n) is 6.29. The first-order valence-electron chi connectivity index (χ1n) is 15.0. The number of fused-ring (bicyclic) bond motifs is 6. The van der Waals surface area contributed by atoms with E-state index in [9.17, 15) is 0 Å². The van der Waals surface area contributed by atoms with Crippen molar-refractivity contribution in [2.45, 2.75) is 0 Å². The largest absolute Gasteiger partial charge is 0.456 e. The van der Waals surface area contributed by atoms with Gasteiger partial charge in [0.2, 0.25) is 0 Å². The molecule has 6 aromatic carbocycles. The van der Waals surface area contributed by atoms with Crippen molar-refractivity contribution in [2.24, 2.45) is 0 Å². The molecule has 0 fully saturated rings. The molecule has 0 aliphatic carbocycles. The summed E-state index contributed by atoms with van der Waals surface area (Å²) < 4.78 is 8.37. The lowest BCUT2D eigenvalue weighted by Crippen LogP contribution is -2.00. The predicted molar refractivity (Wildman–Crippen MR) is 184 cm³/mol. The highest BCUT2D eigenvalue weighted by molar-refractivity contribution is 6.12. The van der Waals surface area contributed by atoms with Crippen LogP contribution in [-0.4, -0.2) is 19.5 Å². The standard InChI is InChI=1S/C40H23N5O/c1-41-28-17-20-35-32(23-28)31-22-27(40-43-38(25-10-4-2-5-11-25)42-39(44-40)26-12-6-3-7-13-26)16-19-34(31)45(35)29-18-21-37-33(24-29)30-14-8-9-15-36(30)46-37/h2-24H. The summed E-state index contributed by atoms with van der Waals surface area (Å²) in [5.41, 5.74) is 8.06. The molecule has 9 rings (SSSR count). The number of furan rings is 1. The van der Waals surface area contributed by atoms with Crippen LogP contribution in [0.5, 0.6) is 0 Å².